The van der Waals surface area contributed by atoms with E-state index in [0.29, 0.717) is 18.0 Å². The van der Waals surface area contributed by atoms with Gasteiger partial charge in [0.15, 0.2) is 5.78 Å². The van der Waals surface area contributed by atoms with Gasteiger partial charge in [-0.3, -0.25) is 9.48 Å². The first-order valence-corrected chi connectivity index (χ1v) is 5.18. The molecule has 1 aliphatic carbocycles. The van der Waals surface area contributed by atoms with E-state index in [9.17, 15) is 4.79 Å². The molecule has 0 spiro atoms. The molecular weight excluding hydrogens is 232 g/mol. The average Bonchev–Trinajstić information content (AvgIpc) is 2.79. The fourth-order valence-corrected chi connectivity index (χ4v) is 1.97. The van der Waals surface area contributed by atoms with E-state index in [1.54, 1.807) is 17.9 Å². The van der Waals surface area contributed by atoms with Crippen molar-refractivity contribution in [3.8, 4) is 0 Å². The second-order valence-electron chi connectivity index (χ2n) is 3.54. The molecule has 0 bridgehead atoms. The fourth-order valence-electron chi connectivity index (χ4n) is 1.41. The molecule has 0 radical (unpaired) electrons. The number of ketones is 1. The molecule has 0 amide bonds. The molecule has 2 rings (SSSR count). The summed E-state index contributed by atoms with van der Waals surface area (Å²) in [6.07, 6.45) is 4.76. The van der Waals surface area contributed by atoms with E-state index in [1.165, 1.54) is 12.8 Å². The summed E-state index contributed by atoms with van der Waals surface area (Å²) in [5, 5.41) is 4.01. The van der Waals surface area contributed by atoms with Crippen molar-refractivity contribution in [2.75, 3.05) is 0 Å². The summed E-state index contributed by atoms with van der Waals surface area (Å²) in [4.78, 5) is 11.7. The summed E-state index contributed by atoms with van der Waals surface area (Å²) in [5.41, 5.74) is 0.701. The van der Waals surface area contributed by atoms with Crippen molar-refractivity contribution in [3.63, 3.8) is 0 Å². The van der Waals surface area contributed by atoms with Gasteiger partial charge in [0, 0.05) is 13.5 Å². The fraction of sp³-hybridized carbons (Fsp3) is 0.556. The van der Waals surface area contributed by atoms with Gasteiger partial charge in [-0.2, -0.15) is 5.10 Å². The van der Waals surface area contributed by atoms with Crippen LogP contribution in [-0.4, -0.2) is 15.6 Å². The number of aryl methyl sites for hydroxylation is 1. The van der Waals surface area contributed by atoms with E-state index in [2.05, 4.69) is 21.0 Å². The third kappa shape index (κ3) is 1.82. The van der Waals surface area contributed by atoms with Gasteiger partial charge in [0.2, 0.25) is 0 Å². The van der Waals surface area contributed by atoms with Gasteiger partial charge in [0.1, 0.15) is 5.69 Å². The number of hydrogen-bond acceptors (Lipinski definition) is 2. The van der Waals surface area contributed by atoms with Crippen LogP contribution in [0.2, 0.25) is 0 Å². The molecule has 0 unspecified atom stereocenters. The lowest BCUT2D eigenvalue weighted by atomic mass is 10.1. The van der Waals surface area contributed by atoms with Crippen molar-refractivity contribution < 1.29 is 4.79 Å². The second-order valence-corrected chi connectivity index (χ2v) is 4.39. The Morgan fingerprint density at radius 2 is 2.46 bits per heavy atom. The van der Waals surface area contributed by atoms with Crippen LogP contribution in [0.3, 0.4) is 0 Å². The van der Waals surface area contributed by atoms with Gasteiger partial charge < -0.3 is 0 Å². The largest absolute Gasteiger partial charge is 0.292 e. The van der Waals surface area contributed by atoms with Crippen molar-refractivity contribution in [3.05, 3.63) is 16.4 Å². The Hall–Kier alpha value is -0.640. The number of carbonyl (C=O) groups excluding carboxylic acids is 1. The highest BCUT2D eigenvalue weighted by Crippen LogP contribution is 2.34. The van der Waals surface area contributed by atoms with Gasteiger partial charge in [-0.1, -0.05) is 0 Å². The van der Waals surface area contributed by atoms with E-state index in [1.807, 2.05) is 0 Å². The number of Topliss-reactive ketones (excluding diaryl/α,β-unsaturated/α-hetero) is 1. The van der Waals surface area contributed by atoms with E-state index < -0.39 is 0 Å². The molecule has 0 aliphatic heterocycles. The molecule has 70 valence electrons. The minimum Gasteiger partial charge on any atom is -0.292 e. The van der Waals surface area contributed by atoms with Crippen LogP contribution in [0.25, 0.3) is 0 Å². The molecule has 0 aromatic carbocycles. The smallest absolute Gasteiger partial charge is 0.182 e. The molecule has 0 N–H and O–H groups in total. The van der Waals surface area contributed by atoms with Crippen LogP contribution in [0.15, 0.2) is 10.7 Å². The Labute approximate surface area is 85.3 Å². The molecule has 1 aromatic rings. The number of hydrogen-bond donors (Lipinski definition) is 0. The molecule has 1 saturated carbocycles. The molecule has 1 aromatic heterocycles. The maximum Gasteiger partial charge on any atom is 0.182 e. The minimum atomic E-state index is 0.203. The van der Waals surface area contributed by atoms with Crippen molar-refractivity contribution in [1.29, 1.82) is 0 Å². The predicted molar refractivity (Wildman–Crippen MR) is 52.6 cm³/mol. The van der Waals surface area contributed by atoms with E-state index in [-0.39, 0.29) is 5.78 Å². The van der Waals surface area contributed by atoms with Crippen molar-refractivity contribution in [2.45, 2.75) is 19.3 Å². The van der Waals surface area contributed by atoms with Crippen LogP contribution >= 0.6 is 15.9 Å². The maximum absolute atomic E-state index is 11.7. The van der Waals surface area contributed by atoms with Crippen LogP contribution in [0, 0.1) is 5.92 Å². The van der Waals surface area contributed by atoms with Gasteiger partial charge in [-0.15, -0.1) is 0 Å². The van der Waals surface area contributed by atoms with Crippen molar-refractivity contribution >= 4 is 21.7 Å². The highest BCUT2D eigenvalue weighted by atomic mass is 79.9. The summed E-state index contributed by atoms with van der Waals surface area (Å²) >= 11 is 3.32. The zero-order valence-corrected chi connectivity index (χ0v) is 9.04. The van der Waals surface area contributed by atoms with Gasteiger partial charge >= 0.3 is 0 Å². The topological polar surface area (TPSA) is 34.9 Å². The van der Waals surface area contributed by atoms with Gasteiger partial charge in [-0.25, -0.2) is 0 Å². The maximum atomic E-state index is 11.7. The summed E-state index contributed by atoms with van der Waals surface area (Å²) < 4.78 is 2.44. The molecule has 1 fully saturated rings. The predicted octanol–water partition coefficient (Wildman–Crippen LogP) is 2.17. The van der Waals surface area contributed by atoms with Crippen LogP contribution < -0.4 is 0 Å². The summed E-state index contributed by atoms with van der Waals surface area (Å²) in [6, 6.07) is 0. The van der Waals surface area contributed by atoms with Gasteiger partial charge in [0.25, 0.3) is 0 Å². The number of nitrogens with zero attached hydrogens (tertiary/aromatic N) is 2. The second kappa shape index (κ2) is 3.25. The Bertz CT molecular complexity index is 322. The van der Waals surface area contributed by atoms with Crippen LogP contribution in [-0.2, 0) is 7.05 Å². The average molecular weight is 243 g/mol. The lowest BCUT2D eigenvalue weighted by Gasteiger charge is -2.00. The van der Waals surface area contributed by atoms with Crippen molar-refractivity contribution in [1.82, 2.24) is 9.78 Å². The molecule has 0 saturated heterocycles. The molecule has 0 atom stereocenters. The Morgan fingerprint density at radius 3 is 2.92 bits per heavy atom. The first-order chi connectivity index (χ1) is 6.18. The standard InChI is InChI=1S/C9H11BrN2O/c1-12-9(7(10)5-11-12)8(13)4-6-2-3-6/h5-6H,2-4H2,1H3. The number of halogens is 1. The normalized spacial score (nSPS) is 16.2. The molecular formula is C9H11BrN2O. The first kappa shape index (κ1) is 8.94. The highest BCUT2D eigenvalue weighted by Gasteiger charge is 2.27. The third-order valence-corrected chi connectivity index (χ3v) is 2.91. The number of rotatable bonds is 3. The molecule has 1 aliphatic rings. The monoisotopic (exact) mass is 242 g/mol. The Morgan fingerprint density at radius 1 is 1.77 bits per heavy atom. The van der Waals surface area contributed by atoms with Gasteiger partial charge in [-0.05, 0) is 34.7 Å². The van der Waals surface area contributed by atoms with Crippen LogP contribution in [0.1, 0.15) is 29.8 Å². The zero-order valence-electron chi connectivity index (χ0n) is 7.46. The minimum absolute atomic E-state index is 0.203. The van der Waals surface area contributed by atoms with Crippen LogP contribution in [0.4, 0.5) is 0 Å². The quantitative estimate of drug-likeness (QED) is 0.762. The molecule has 13 heavy (non-hydrogen) atoms. The number of aromatic nitrogens is 2. The third-order valence-electron chi connectivity index (χ3n) is 2.33. The summed E-state index contributed by atoms with van der Waals surface area (Å²) in [7, 11) is 1.80. The Kier molecular flexibility index (Phi) is 2.24. The highest BCUT2D eigenvalue weighted by molar-refractivity contribution is 9.10. The number of carbonyl (C=O) groups is 1. The SMILES string of the molecule is Cn1ncc(Br)c1C(=O)CC1CC1. The first-order valence-electron chi connectivity index (χ1n) is 4.39. The van der Waals surface area contributed by atoms with Crippen molar-refractivity contribution in [2.24, 2.45) is 13.0 Å². The summed E-state index contributed by atoms with van der Waals surface area (Å²) in [6.45, 7) is 0. The van der Waals surface area contributed by atoms with E-state index in [0.717, 1.165) is 4.47 Å². The lowest BCUT2D eigenvalue weighted by Crippen LogP contribution is -2.08. The van der Waals surface area contributed by atoms with E-state index in [4.69, 9.17) is 0 Å². The van der Waals surface area contributed by atoms with Crippen LogP contribution in [0.5, 0.6) is 0 Å². The lowest BCUT2D eigenvalue weighted by molar-refractivity contribution is 0.0966. The molecule has 3 nitrogen and oxygen atoms in total. The molecule has 1 heterocycles. The van der Waals surface area contributed by atoms with E-state index >= 15 is 0 Å². The van der Waals surface area contributed by atoms with Gasteiger partial charge in [0.05, 0.1) is 10.7 Å². The zero-order chi connectivity index (χ0) is 9.42. The summed E-state index contributed by atoms with van der Waals surface area (Å²) in [5.74, 6) is 0.837. The molecule has 4 heteroatoms. The Balaban J connectivity index is 2.17.